The number of aromatic nitrogens is 1. The molecule has 2 rings (SSSR count). The third-order valence-electron chi connectivity index (χ3n) is 3.30. The van der Waals surface area contributed by atoms with Gasteiger partial charge in [0.1, 0.15) is 0 Å². The molecule has 1 aromatic rings. The maximum absolute atomic E-state index is 12.0. The van der Waals surface area contributed by atoms with Crippen LogP contribution in [0.25, 0.3) is 0 Å². The second-order valence-corrected chi connectivity index (χ2v) is 4.79. The monoisotopic (exact) mass is 248 g/mol. The first-order valence-corrected chi connectivity index (χ1v) is 6.01. The lowest BCUT2D eigenvalue weighted by Gasteiger charge is -2.10. The number of pyridine rings is 1. The summed E-state index contributed by atoms with van der Waals surface area (Å²) in [5, 5.41) is 11.7. The average molecular weight is 248 g/mol. The minimum atomic E-state index is -0.803. The molecular formula is C13H16N2O3. The Morgan fingerprint density at radius 3 is 2.67 bits per heavy atom. The summed E-state index contributed by atoms with van der Waals surface area (Å²) in [5.41, 5.74) is 1.64. The fourth-order valence-corrected chi connectivity index (χ4v) is 2.31. The van der Waals surface area contributed by atoms with Gasteiger partial charge in [-0.1, -0.05) is 0 Å². The van der Waals surface area contributed by atoms with Crippen LogP contribution >= 0.6 is 0 Å². The van der Waals surface area contributed by atoms with Gasteiger partial charge in [-0.2, -0.15) is 0 Å². The van der Waals surface area contributed by atoms with Crippen molar-refractivity contribution in [2.45, 2.75) is 26.2 Å². The number of aliphatic carboxylic acids is 1. The van der Waals surface area contributed by atoms with E-state index in [1.807, 2.05) is 13.0 Å². The molecule has 5 nitrogen and oxygen atoms in total. The van der Waals surface area contributed by atoms with E-state index in [0.717, 1.165) is 5.56 Å². The summed E-state index contributed by atoms with van der Waals surface area (Å²) >= 11 is 0. The van der Waals surface area contributed by atoms with Gasteiger partial charge in [-0.05, 0) is 37.8 Å². The summed E-state index contributed by atoms with van der Waals surface area (Å²) in [7, 11) is 0. The van der Waals surface area contributed by atoms with E-state index < -0.39 is 5.97 Å². The number of anilines is 1. The molecular weight excluding hydrogens is 232 g/mol. The maximum atomic E-state index is 12.0. The zero-order valence-corrected chi connectivity index (χ0v) is 10.2. The minimum absolute atomic E-state index is 0.105. The highest BCUT2D eigenvalue weighted by molar-refractivity contribution is 5.93. The van der Waals surface area contributed by atoms with E-state index in [1.165, 1.54) is 0 Å². The Labute approximate surface area is 105 Å². The number of carbonyl (C=O) groups excluding carboxylic acids is 1. The van der Waals surface area contributed by atoms with Crippen LogP contribution in [0.1, 0.15) is 24.8 Å². The lowest BCUT2D eigenvalue weighted by Crippen LogP contribution is -2.21. The number of rotatable bonds is 3. The summed E-state index contributed by atoms with van der Waals surface area (Å²) in [4.78, 5) is 26.8. The second-order valence-electron chi connectivity index (χ2n) is 4.79. The van der Waals surface area contributed by atoms with Crippen molar-refractivity contribution in [3.8, 4) is 0 Å². The van der Waals surface area contributed by atoms with E-state index in [2.05, 4.69) is 10.3 Å². The molecule has 1 aliphatic carbocycles. The first-order valence-electron chi connectivity index (χ1n) is 6.01. The van der Waals surface area contributed by atoms with Crippen LogP contribution in [0.15, 0.2) is 18.5 Å². The van der Waals surface area contributed by atoms with Gasteiger partial charge in [-0.15, -0.1) is 0 Å². The maximum Gasteiger partial charge on any atom is 0.306 e. The van der Waals surface area contributed by atoms with Crippen molar-refractivity contribution < 1.29 is 14.7 Å². The predicted molar refractivity (Wildman–Crippen MR) is 66.1 cm³/mol. The Balaban J connectivity index is 1.95. The minimum Gasteiger partial charge on any atom is -0.481 e. The molecule has 0 spiro atoms. The Kier molecular flexibility index (Phi) is 3.60. The summed E-state index contributed by atoms with van der Waals surface area (Å²) in [6, 6.07) is 1.84. The summed E-state index contributed by atoms with van der Waals surface area (Å²) in [6.07, 6.45) is 4.96. The Morgan fingerprint density at radius 2 is 2.06 bits per heavy atom. The van der Waals surface area contributed by atoms with Crippen LogP contribution in [-0.2, 0) is 9.59 Å². The molecule has 5 heteroatoms. The van der Waals surface area contributed by atoms with Gasteiger partial charge in [0, 0.05) is 12.1 Å². The fraction of sp³-hybridized carbons (Fsp3) is 0.462. The van der Waals surface area contributed by atoms with E-state index in [0.29, 0.717) is 24.9 Å². The van der Waals surface area contributed by atoms with E-state index in [9.17, 15) is 9.59 Å². The number of nitrogens with one attached hydrogen (secondary N) is 1. The molecule has 2 N–H and O–H groups in total. The third kappa shape index (κ3) is 2.85. The molecule has 1 heterocycles. The summed E-state index contributed by atoms with van der Waals surface area (Å²) < 4.78 is 0. The molecule has 0 aromatic carbocycles. The van der Waals surface area contributed by atoms with Gasteiger partial charge >= 0.3 is 5.97 Å². The Hall–Kier alpha value is -1.91. The zero-order chi connectivity index (χ0) is 13.1. The Bertz CT molecular complexity index is 473. The quantitative estimate of drug-likeness (QED) is 0.855. The first-order chi connectivity index (χ1) is 8.56. The Morgan fingerprint density at radius 1 is 1.33 bits per heavy atom. The number of hydrogen-bond acceptors (Lipinski definition) is 3. The van der Waals surface area contributed by atoms with Gasteiger partial charge in [-0.3, -0.25) is 14.6 Å². The van der Waals surface area contributed by atoms with Gasteiger partial charge in [-0.25, -0.2) is 0 Å². The van der Waals surface area contributed by atoms with Gasteiger partial charge in [0.25, 0.3) is 0 Å². The zero-order valence-electron chi connectivity index (χ0n) is 10.2. The van der Waals surface area contributed by atoms with Crippen LogP contribution in [0.5, 0.6) is 0 Å². The number of carboxylic acid groups (broad SMARTS) is 1. The smallest absolute Gasteiger partial charge is 0.306 e. The lowest BCUT2D eigenvalue weighted by molar-refractivity contribution is -0.141. The highest BCUT2D eigenvalue weighted by Crippen LogP contribution is 2.31. The average Bonchev–Trinajstić information content (AvgIpc) is 2.78. The van der Waals surface area contributed by atoms with Crippen molar-refractivity contribution in [3.05, 3.63) is 24.0 Å². The van der Waals surface area contributed by atoms with Crippen LogP contribution in [0.4, 0.5) is 5.69 Å². The molecule has 96 valence electrons. The molecule has 0 aliphatic heterocycles. The van der Waals surface area contributed by atoms with Crippen molar-refractivity contribution in [3.63, 3.8) is 0 Å². The largest absolute Gasteiger partial charge is 0.481 e. The standard InChI is InChI=1S/C13H16N2O3/c1-8-4-11(7-14-6-8)15-12(16)9-2-3-10(5-9)13(17)18/h4,6-7,9-10H,2-3,5H2,1H3,(H,15,16)(H,17,18)/t9-,10+/m1/s1. The van der Waals surface area contributed by atoms with Crippen LogP contribution < -0.4 is 5.32 Å². The van der Waals surface area contributed by atoms with Crippen LogP contribution in [0.2, 0.25) is 0 Å². The predicted octanol–water partition coefficient (Wildman–Crippen LogP) is 1.83. The highest BCUT2D eigenvalue weighted by atomic mass is 16.4. The molecule has 1 amide bonds. The molecule has 0 unspecified atom stereocenters. The molecule has 0 radical (unpaired) electrons. The van der Waals surface area contributed by atoms with Gasteiger partial charge in [0.15, 0.2) is 0 Å². The van der Waals surface area contributed by atoms with Gasteiger partial charge < -0.3 is 10.4 Å². The molecule has 0 bridgehead atoms. The highest BCUT2D eigenvalue weighted by Gasteiger charge is 2.33. The summed E-state index contributed by atoms with van der Waals surface area (Å²) in [5.74, 6) is -1.49. The SMILES string of the molecule is Cc1cncc(NC(=O)[C@@H]2CC[C@H](C(=O)O)C2)c1. The summed E-state index contributed by atoms with van der Waals surface area (Å²) in [6.45, 7) is 1.90. The fourth-order valence-electron chi connectivity index (χ4n) is 2.31. The molecule has 1 fully saturated rings. The third-order valence-corrected chi connectivity index (χ3v) is 3.30. The number of hydrogen-bond donors (Lipinski definition) is 2. The lowest BCUT2D eigenvalue weighted by atomic mass is 10.0. The molecule has 1 aromatic heterocycles. The molecule has 0 saturated heterocycles. The van der Waals surface area contributed by atoms with Crippen molar-refractivity contribution in [2.75, 3.05) is 5.32 Å². The van der Waals surface area contributed by atoms with Crippen LogP contribution in [0.3, 0.4) is 0 Å². The topological polar surface area (TPSA) is 79.3 Å². The van der Waals surface area contributed by atoms with Crippen LogP contribution in [-0.4, -0.2) is 22.0 Å². The van der Waals surface area contributed by atoms with Crippen molar-refractivity contribution in [1.29, 1.82) is 0 Å². The van der Waals surface area contributed by atoms with E-state index >= 15 is 0 Å². The first kappa shape index (κ1) is 12.5. The van der Waals surface area contributed by atoms with E-state index in [1.54, 1.807) is 12.4 Å². The number of carbonyl (C=O) groups is 2. The molecule has 1 aliphatic rings. The van der Waals surface area contributed by atoms with Gasteiger partial charge in [0.2, 0.25) is 5.91 Å². The van der Waals surface area contributed by atoms with E-state index in [-0.39, 0.29) is 17.7 Å². The molecule has 18 heavy (non-hydrogen) atoms. The second kappa shape index (κ2) is 5.16. The molecule has 1 saturated carbocycles. The molecule has 2 atom stereocenters. The van der Waals surface area contributed by atoms with Crippen LogP contribution in [0, 0.1) is 18.8 Å². The van der Waals surface area contributed by atoms with Crippen molar-refractivity contribution >= 4 is 17.6 Å². The van der Waals surface area contributed by atoms with Crippen molar-refractivity contribution in [1.82, 2.24) is 4.98 Å². The number of amides is 1. The number of carboxylic acids is 1. The number of nitrogens with zero attached hydrogens (tertiary/aromatic N) is 1. The van der Waals surface area contributed by atoms with Crippen molar-refractivity contribution in [2.24, 2.45) is 11.8 Å². The van der Waals surface area contributed by atoms with E-state index in [4.69, 9.17) is 5.11 Å². The number of aryl methyl sites for hydroxylation is 1. The normalized spacial score (nSPS) is 22.7. The van der Waals surface area contributed by atoms with Gasteiger partial charge in [0.05, 0.1) is 17.8 Å².